The van der Waals surface area contributed by atoms with Crippen molar-refractivity contribution in [2.24, 2.45) is 0 Å². The Morgan fingerprint density at radius 3 is 2.76 bits per heavy atom. The van der Waals surface area contributed by atoms with E-state index in [0.29, 0.717) is 19.6 Å². The molecule has 0 aromatic heterocycles. The predicted molar refractivity (Wildman–Crippen MR) is 74.9 cm³/mol. The summed E-state index contributed by atoms with van der Waals surface area (Å²) in [7, 11) is 0. The van der Waals surface area contributed by atoms with Crippen molar-refractivity contribution in [3.8, 4) is 0 Å². The topological polar surface area (TPSA) is 52.6 Å². The van der Waals surface area contributed by atoms with E-state index in [9.17, 15) is 9.90 Å². The number of nitrogens with zero attached hydrogens (tertiary/aromatic N) is 1. The molecule has 1 aromatic carbocycles. The average molecular weight is 346 g/mol. The van der Waals surface area contributed by atoms with Crippen LogP contribution in [0.3, 0.4) is 0 Å². The maximum absolute atomic E-state index is 11.7. The van der Waals surface area contributed by atoms with E-state index in [0.717, 1.165) is 9.26 Å². The fourth-order valence-electron chi connectivity index (χ4n) is 1.98. The molecule has 2 rings (SSSR count). The molecule has 0 saturated carbocycles. The maximum Gasteiger partial charge on any atom is 0.238 e. The first-order valence-electron chi connectivity index (χ1n) is 5.45. The van der Waals surface area contributed by atoms with Gasteiger partial charge >= 0.3 is 0 Å². The van der Waals surface area contributed by atoms with Gasteiger partial charge in [0.15, 0.2) is 0 Å². The molecule has 1 amide bonds. The zero-order valence-corrected chi connectivity index (χ0v) is 11.8. The number of hydrogen-bond acceptors (Lipinski definition) is 3. The second-order valence-electron chi connectivity index (χ2n) is 4.67. The zero-order chi connectivity index (χ0) is 12.5. The molecular weight excluding hydrogens is 331 g/mol. The third-order valence-electron chi connectivity index (χ3n) is 2.64. The van der Waals surface area contributed by atoms with Crippen molar-refractivity contribution in [3.63, 3.8) is 0 Å². The van der Waals surface area contributed by atoms with Crippen molar-refractivity contribution in [2.75, 3.05) is 25.0 Å². The maximum atomic E-state index is 11.7. The number of carbonyl (C=O) groups excluding carboxylic acids is 1. The minimum Gasteiger partial charge on any atom is -0.388 e. The second-order valence-corrected chi connectivity index (χ2v) is 5.83. The highest BCUT2D eigenvalue weighted by atomic mass is 127. The number of hydrogen-bond donors (Lipinski definition) is 2. The number of aliphatic hydroxyl groups is 1. The van der Waals surface area contributed by atoms with Crippen LogP contribution in [0.1, 0.15) is 6.92 Å². The van der Waals surface area contributed by atoms with E-state index in [1.807, 2.05) is 29.2 Å². The van der Waals surface area contributed by atoms with Crippen molar-refractivity contribution in [1.29, 1.82) is 0 Å². The van der Waals surface area contributed by atoms with Crippen LogP contribution in [-0.2, 0) is 4.79 Å². The van der Waals surface area contributed by atoms with E-state index in [4.69, 9.17) is 0 Å². The molecule has 1 aliphatic heterocycles. The Kier molecular flexibility index (Phi) is 3.70. The molecule has 1 fully saturated rings. The van der Waals surface area contributed by atoms with Crippen LogP contribution in [0.15, 0.2) is 24.3 Å². The molecule has 0 spiro atoms. The molecule has 1 aromatic rings. The van der Waals surface area contributed by atoms with Crippen LogP contribution in [0, 0.1) is 3.57 Å². The normalized spacial score (nSPS) is 18.5. The summed E-state index contributed by atoms with van der Waals surface area (Å²) in [6.07, 6.45) is 0. The largest absolute Gasteiger partial charge is 0.388 e. The first-order chi connectivity index (χ1) is 7.96. The molecule has 2 N–H and O–H groups in total. The number of para-hydroxylation sites is 1. The SMILES string of the molecule is CC1(O)CN(CC(=O)Nc2ccccc2I)C1. The van der Waals surface area contributed by atoms with E-state index in [1.54, 1.807) is 6.92 Å². The summed E-state index contributed by atoms with van der Waals surface area (Å²) in [6.45, 7) is 3.24. The van der Waals surface area contributed by atoms with Gasteiger partial charge in [-0.25, -0.2) is 0 Å². The quantitative estimate of drug-likeness (QED) is 0.812. The van der Waals surface area contributed by atoms with Crippen molar-refractivity contribution in [1.82, 2.24) is 4.90 Å². The summed E-state index contributed by atoms with van der Waals surface area (Å²) < 4.78 is 1.02. The number of carbonyl (C=O) groups is 1. The number of likely N-dealkylation sites (tertiary alicyclic amines) is 1. The number of rotatable bonds is 3. The molecule has 0 aliphatic carbocycles. The number of β-amino-alcohol motifs (C(OH)–C–C–N with tert-alkyl or cyclic N) is 1. The highest BCUT2D eigenvalue weighted by Crippen LogP contribution is 2.20. The molecule has 0 atom stereocenters. The Bertz CT molecular complexity index is 426. The molecule has 4 nitrogen and oxygen atoms in total. The molecule has 1 aliphatic rings. The Morgan fingerprint density at radius 2 is 2.18 bits per heavy atom. The lowest BCUT2D eigenvalue weighted by Crippen LogP contribution is -2.61. The van der Waals surface area contributed by atoms with Crippen LogP contribution in [0.25, 0.3) is 0 Å². The van der Waals surface area contributed by atoms with Crippen molar-refractivity contribution in [2.45, 2.75) is 12.5 Å². The first kappa shape index (κ1) is 12.8. The third-order valence-corrected chi connectivity index (χ3v) is 3.58. The van der Waals surface area contributed by atoms with Crippen LogP contribution in [-0.4, -0.2) is 41.1 Å². The van der Waals surface area contributed by atoms with Gasteiger partial charge in [-0.1, -0.05) is 12.1 Å². The molecule has 0 radical (unpaired) electrons. The summed E-state index contributed by atoms with van der Waals surface area (Å²) in [4.78, 5) is 13.7. The molecule has 0 bridgehead atoms. The highest BCUT2D eigenvalue weighted by molar-refractivity contribution is 14.1. The van der Waals surface area contributed by atoms with Crippen molar-refractivity contribution in [3.05, 3.63) is 27.8 Å². The van der Waals surface area contributed by atoms with Crippen LogP contribution in [0.2, 0.25) is 0 Å². The lowest BCUT2D eigenvalue weighted by molar-refractivity contribution is -0.125. The van der Waals surface area contributed by atoms with Crippen LogP contribution < -0.4 is 5.32 Å². The number of halogens is 1. The van der Waals surface area contributed by atoms with Gasteiger partial charge in [-0.2, -0.15) is 0 Å². The van der Waals surface area contributed by atoms with E-state index in [2.05, 4.69) is 27.9 Å². The summed E-state index contributed by atoms with van der Waals surface area (Å²) in [6, 6.07) is 7.66. The second kappa shape index (κ2) is 4.91. The van der Waals surface area contributed by atoms with Gasteiger partial charge < -0.3 is 10.4 Å². The fraction of sp³-hybridized carbons (Fsp3) is 0.417. The monoisotopic (exact) mass is 346 g/mol. The van der Waals surface area contributed by atoms with Gasteiger partial charge in [0.2, 0.25) is 5.91 Å². The van der Waals surface area contributed by atoms with E-state index in [-0.39, 0.29) is 5.91 Å². The van der Waals surface area contributed by atoms with Crippen LogP contribution in [0.4, 0.5) is 5.69 Å². The van der Waals surface area contributed by atoms with Crippen LogP contribution in [0.5, 0.6) is 0 Å². The van der Waals surface area contributed by atoms with Crippen molar-refractivity contribution < 1.29 is 9.90 Å². The lowest BCUT2D eigenvalue weighted by Gasteiger charge is -2.43. The number of anilines is 1. The summed E-state index contributed by atoms with van der Waals surface area (Å²) in [5.74, 6) is -0.0374. The van der Waals surface area contributed by atoms with E-state index < -0.39 is 5.60 Å². The lowest BCUT2D eigenvalue weighted by atomic mass is 9.97. The molecule has 1 heterocycles. The van der Waals surface area contributed by atoms with Crippen molar-refractivity contribution >= 4 is 34.2 Å². The van der Waals surface area contributed by atoms with Gasteiger partial charge in [-0.05, 0) is 41.6 Å². The smallest absolute Gasteiger partial charge is 0.238 e. The standard InChI is InChI=1S/C12H15IN2O2/c1-12(17)7-15(8-12)6-11(16)14-10-5-3-2-4-9(10)13/h2-5,17H,6-8H2,1H3,(H,14,16). The molecule has 17 heavy (non-hydrogen) atoms. The average Bonchev–Trinajstić information content (AvgIpc) is 2.18. The van der Waals surface area contributed by atoms with Gasteiger partial charge in [0.25, 0.3) is 0 Å². The Labute approximate surface area is 114 Å². The Morgan fingerprint density at radius 1 is 1.53 bits per heavy atom. The fourth-order valence-corrected chi connectivity index (χ4v) is 2.51. The first-order valence-corrected chi connectivity index (χ1v) is 6.53. The number of amides is 1. The number of benzene rings is 1. The summed E-state index contributed by atoms with van der Waals surface area (Å²) in [5.41, 5.74) is 0.215. The molecule has 92 valence electrons. The van der Waals surface area contributed by atoms with Gasteiger partial charge in [0.05, 0.1) is 17.8 Å². The van der Waals surface area contributed by atoms with E-state index >= 15 is 0 Å². The summed E-state index contributed by atoms with van der Waals surface area (Å²) in [5, 5.41) is 12.4. The Hall–Kier alpha value is -0.660. The molecule has 0 unspecified atom stereocenters. The Balaban J connectivity index is 1.85. The van der Waals surface area contributed by atoms with Gasteiger partial charge in [0.1, 0.15) is 0 Å². The molecular formula is C12H15IN2O2. The minimum atomic E-state index is -0.624. The summed E-state index contributed by atoms with van der Waals surface area (Å²) >= 11 is 2.19. The third kappa shape index (κ3) is 3.40. The van der Waals surface area contributed by atoms with Gasteiger partial charge in [-0.3, -0.25) is 9.69 Å². The predicted octanol–water partition coefficient (Wildman–Crippen LogP) is 1.30. The molecule has 5 heteroatoms. The van der Waals surface area contributed by atoms with E-state index in [1.165, 1.54) is 0 Å². The number of nitrogens with one attached hydrogen (secondary N) is 1. The zero-order valence-electron chi connectivity index (χ0n) is 9.61. The van der Waals surface area contributed by atoms with Gasteiger partial charge in [-0.15, -0.1) is 0 Å². The highest BCUT2D eigenvalue weighted by Gasteiger charge is 2.37. The van der Waals surface area contributed by atoms with Crippen LogP contribution >= 0.6 is 22.6 Å². The minimum absolute atomic E-state index is 0.0374. The van der Waals surface area contributed by atoms with Gasteiger partial charge in [0, 0.05) is 16.7 Å². The molecule has 1 saturated heterocycles.